The quantitative estimate of drug-likeness (QED) is 0.942. The standard InChI is InChI=1S/C15H13F3N2O2/c1-2-22-14-12(13(19)21)10(15(16,17)18)8-11(20-14)9-6-4-3-5-7-9/h3-8H,2H2,1H3,(H2,19,21). The highest BCUT2D eigenvalue weighted by molar-refractivity contribution is 5.97. The van der Waals surface area contributed by atoms with E-state index < -0.39 is 29.1 Å². The van der Waals surface area contributed by atoms with Gasteiger partial charge in [-0.2, -0.15) is 13.2 Å². The van der Waals surface area contributed by atoms with Crippen molar-refractivity contribution in [2.75, 3.05) is 6.61 Å². The van der Waals surface area contributed by atoms with Gasteiger partial charge in [-0.3, -0.25) is 4.79 Å². The van der Waals surface area contributed by atoms with Crippen LogP contribution in [0.1, 0.15) is 22.8 Å². The number of rotatable bonds is 4. The molecule has 0 saturated heterocycles. The third-order valence-corrected chi connectivity index (χ3v) is 2.89. The fourth-order valence-electron chi connectivity index (χ4n) is 1.98. The van der Waals surface area contributed by atoms with E-state index >= 15 is 0 Å². The largest absolute Gasteiger partial charge is 0.477 e. The van der Waals surface area contributed by atoms with Crippen molar-refractivity contribution in [3.63, 3.8) is 0 Å². The van der Waals surface area contributed by atoms with E-state index in [9.17, 15) is 18.0 Å². The van der Waals surface area contributed by atoms with Gasteiger partial charge in [0, 0.05) is 5.56 Å². The molecule has 0 aliphatic rings. The number of aromatic nitrogens is 1. The Morgan fingerprint density at radius 3 is 2.41 bits per heavy atom. The van der Waals surface area contributed by atoms with Crippen LogP contribution in [-0.2, 0) is 6.18 Å². The summed E-state index contributed by atoms with van der Waals surface area (Å²) in [7, 11) is 0. The Hall–Kier alpha value is -2.57. The van der Waals surface area contributed by atoms with E-state index in [4.69, 9.17) is 10.5 Å². The Balaban J connectivity index is 2.74. The normalized spacial score (nSPS) is 11.3. The van der Waals surface area contributed by atoms with Crippen LogP contribution in [0.25, 0.3) is 11.3 Å². The van der Waals surface area contributed by atoms with E-state index in [0.717, 1.165) is 6.07 Å². The number of alkyl halides is 3. The molecule has 0 saturated carbocycles. The minimum absolute atomic E-state index is 0.0568. The fourth-order valence-corrected chi connectivity index (χ4v) is 1.98. The lowest BCUT2D eigenvalue weighted by Crippen LogP contribution is -2.21. The number of benzene rings is 1. The Labute approximate surface area is 124 Å². The Bertz CT molecular complexity index is 685. The summed E-state index contributed by atoms with van der Waals surface area (Å²) in [6.45, 7) is 1.64. The van der Waals surface area contributed by atoms with Gasteiger partial charge in [0.15, 0.2) is 0 Å². The molecule has 4 nitrogen and oxygen atoms in total. The Morgan fingerprint density at radius 1 is 1.27 bits per heavy atom. The summed E-state index contributed by atoms with van der Waals surface area (Å²) in [5, 5.41) is 0. The smallest absolute Gasteiger partial charge is 0.417 e. The number of primary amides is 1. The lowest BCUT2D eigenvalue weighted by Gasteiger charge is -2.16. The van der Waals surface area contributed by atoms with Crippen molar-refractivity contribution in [3.05, 3.63) is 47.5 Å². The summed E-state index contributed by atoms with van der Waals surface area (Å²) in [5.41, 5.74) is 3.70. The van der Waals surface area contributed by atoms with Gasteiger partial charge in [0.25, 0.3) is 5.91 Å². The summed E-state index contributed by atoms with van der Waals surface area (Å²) >= 11 is 0. The summed E-state index contributed by atoms with van der Waals surface area (Å²) in [5.74, 6) is -1.65. The molecule has 7 heteroatoms. The lowest BCUT2D eigenvalue weighted by atomic mass is 10.0. The minimum Gasteiger partial charge on any atom is -0.477 e. The van der Waals surface area contributed by atoms with E-state index in [1.807, 2.05) is 0 Å². The highest BCUT2D eigenvalue weighted by atomic mass is 19.4. The second-order valence-corrected chi connectivity index (χ2v) is 4.40. The zero-order valence-electron chi connectivity index (χ0n) is 11.6. The number of amides is 1. The third-order valence-electron chi connectivity index (χ3n) is 2.89. The van der Waals surface area contributed by atoms with Crippen molar-refractivity contribution in [3.8, 4) is 17.1 Å². The second kappa shape index (κ2) is 6.05. The molecule has 116 valence electrons. The first-order valence-electron chi connectivity index (χ1n) is 6.44. The number of halogens is 3. The molecule has 0 fully saturated rings. The molecule has 0 spiro atoms. The van der Waals surface area contributed by atoms with Crippen molar-refractivity contribution in [1.29, 1.82) is 0 Å². The molecule has 0 atom stereocenters. The van der Waals surface area contributed by atoms with Crippen LogP contribution in [0.5, 0.6) is 5.88 Å². The van der Waals surface area contributed by atoms with E-state index in [2.05, 4.69) is 4.98 Å². The number of nitrogens with two attached hydrogens (primary N) is 1. The van der Waals surface area contributed by atoms with Crippen molar-refractivity contribution in [1.82, 2.24) is 4.98 Å². The highest BCUT2D eigenvalue weighted by Gasteiger charge is 2.38. The van der Waals surface area contributed by atoms with Crippen molar-refractivity contribution in [2.24, 2.45) is 5.73 Å². The van der Waals surface area contributed by atoms with Gasteiger partial charge in [0.05, 0.1) is 17.9 Å². The van der Waals surface area contributed by atoms with Gasteiger partial charge in [-0.15, -0.1) is 0 Å². The van der Waals surface area contributed by atoms with Crippen LogP contribution >= 0.6 is 0 Å². The summed E-state index contributed by atoms with van der Waals surface area (Å²) in [6, 6.07) is 9.11. The number of ether oxygens (including phenoxy) is 1. The molecule has 2 rings (SSSR count). The van der Waals surface area contributed by atoms with Crippen LogP contribution in [0.3, 0.4) is 0 Å². The first-order chi connectivity index (χ1) is 10.3. The molecule has 1 aromatic carbocycles. The molecule has 1 amide bonds. The summed E-state index contributed by atoms with van der Waals surface area (Å²) in [4.78, 5) is 15.4. The number of nitrogens with zero attached hydrogens (tertiary/aromatic N) is 1. The highest BCUT2D eigenvalue weighted by Crippen LogP contribution is 2.37. The third kappa shape index (κ3) is 3.19. The van der Waals surface area contributed by atoms with Crippen molar-refractivity contribution >= 4 is 5.91 Å². The van der Waals surface area contributed by atoms with Crippen LogP contribution in [0, 0.1) is 0 Å². The second-order valence-electron chi connectivity index (χ2n) is 4.40. The molecular formula is C15H13F3N2O2. The number of pyridine rings is 1. The zero-order chi connectivity index (χ0) is 16.3. The van der Waals surface area contributed by atoms with E-state index in [0.29, 0.717) is 5.56 Å². The van der Waals surface area contributed by atoms with E-state index in [1.54, 1.807) is 37.3 Å². The first kappa shape index (κ1) is 15.8. The zero-order valence-corrected chi connectivity index (χ0v) is 11.6. The monoisotopic (exact) mass is 310 g/mol. The molecule has 2 N–H and O–H groups in total. The Morgan fingerprint density at radius 2 is 1.91 bits per heavy atom. The molecular weight excluding hydrogens is 297 g/mol. The average molecular weight is 310 g/mol. The van der Waals surface area contributed by atoms with E-state index in [-0.39, 0.29) is 12.3 Å². The van der Waals surface area contributed by atoms with Gasteiger partial charge >= 0.3 is 6.18 Å². The minimum atomic E-state index is -4.75. The molecule has 1 aromatic heterocycles. The first-order valence-corrected chi connectivity index (χ1v) is 6.44. The van der Waals surface area contributed by atoms with Gasteiger partial charge in [-0.1, -0.05) is 30.3 Å². The van der Waals surface area contributed by atoms with Gasteiger partial charge in [0.2, 0.25) is 5.88 Å². The van der Waals surface area contributed by atoms with Gasteiger partial charge < -0.3 is 10.5 Å². The molecule has 2 aromatic rings. The SMILES string of the molecule is CCOc1nc(-c2ccccc2)cc(C(F)(F)F)c1C(N)=O. The summed E-state index contributed by atoms with van der Waals surface area (Å²) in [6.07, 6.45) is -4.75. The Kier molecular flexibility index (Phi) is 4.35. The van der Waals surface area contributed by atoms with Crippen LogP contribution < -0.4 is 10.5 Å². The number of carbonyl (C=O) groups is 1. The predicted molar refractivity (Wildman–Crippen MR) is 74.4 cm³/mol. The van der Waals surface area contributed by atoms with Crippen LogP contribution in [0.2, 0.25) is 0 Å². The average Bonchev–Trinajstić information content (AvgIpc) is 2.46. The topological polar surface area (TPSA) is 65.2 Å². The molecule has 1 heterocycles. The molecule has 0 aliphatic carbocycles. The molecule has 22 heavy (non-hydrogen) atoms. The molecule has 0 unspecified atom stereocenters. The number of hydrogen-bond acceptors (Lipinski definition) is 3. The van der Waals surface area contributed by atoms with Crippen molar-refractivity contribution in [2.45, 2.75) is 13.1 Å². The van der Waals surface area contributed by atoms with Crippen LogP contribution in [-0.4, -0.2) is 17.5 Å². The molecule has 0 aliphatic heterocycles. The lowest BCUT2D eigenvalue weighted by molar-refractivity contribution is -0.138. The number of carbonyl (C=O) groups excluding carboxylic acids is 1. The predicted octanol–water partition coefficient (Wildman–Crippen LogP) is 3.27. The molecule has 0 bridgehead atoms. The van der Waals surface area contributed by atoms with Crippen LogP contribution in [0.15, 0.2) is 36.4 Å². The number of hydrogen-bond donors (Lipinski definition) is 1. The maximum atomic E-state index is 13.2. The molecule has 0 radical (unpaired) electrons. The summed E-state index contributed by atoms with van der Waals surface area (Å²) < 4.78 is 44.8. The van der Waals surface area contributed by atoms with Crippen molar-refractivity contribution < 1.29 is 22.7 Å². The maximum Gasteiger partial charge on any atom is 0.417 e. The van der Waals surface area contributed by atoms with Gasteiger partial charge in [-0.05, 0) is 13.0 Å². The van der Waals surface area contributed by atoms with Gasteiger partial charge in [-0.25, -0.2) is 4.98 Å². The van der Waals surface area contributed by atoms with Crippen LogP contribution in [0.4, 0.5) is 13.2 Å². The van der Waals surface area contributed by atoms with E-state index in [1.165, 1.54) is 0 Å². The fraction of sp³-hybridized carbons (Fsp3) is 0.200. The maximum absolute atomic E-state index is 13.2. The van der Waals surface area contributed by atoms with Gasteiger partial charge in [0.1, 0.15) is 5.56 Å².